The third-order valence-electron chi connectivity index (χ3n) is 6.63. The smallest absolute Gasteiger partial charge is 0.246 e. The van der Waals surface area contributed by atoms with Crippen molar-refractivity contribution in [2.24, 2.45) is 0 Å². The predicted octanol–water partition coefficient (Wildman–Crippen LogP) is 3.55. The van der Waals surface area contributed by atoms with Gasteiger partial charge in [0.05, 0.1) is 14.2 Å². The van der Waals surface area contributed by atoms with Gasteiger partial charge in [-0.3, -0.25) is 9.59 Å². The van der Waals surface area contributed by atoms with Gasteiger partial charge in [-0.1, -0.05) is 24.3 Å². The van der Waals surface area contributed by atoms with Crippen LogP contribution in [0.25, 0.3) is 6.08 Å². The summed E-state index contributed by atoms with van der Waals surface area (Å²) in [7, 11) is 3.28. The van der Waals surface area contributed by atoms with Crippen LogP contribution in [-0.2, 0) is 9.59 Å². The molecule has 0 aliphatic carbocycles. The van der Waals surface area contributed by atoms with E-state index in [2.05, 4.69) is 16.0 Å². The van der Waals surface area contributed by atoms with E-state index in [0.717, 1.165) is 61.5 Å². The van der Waals surface area contributed by atoms with Crippen molar-refractivity contribution < 1.29 is 19.1 Å². The van der Waals surface area contributed by atoms with E-state index in [9.17, 15) is 9.59 Å². The minimum absolute atomic E-state index is 0.00182. The number of methoxy groups -OCH3 is 2. The summed E-state index contributed by atoms with van der Waals surface area (Å²) >= 11 is 0. The highest BCUT2D eigenvalue weighted by molar-refractivity contribution is 5.91. The molecule has 8 nitrogen and oxygen atoms in total. The Kier molecular flexibility index (Phi) is 12.7. The molecule has 0 saturated carbocycles. The number of carbonyl (C=O) groups is 2. The zero-order valence-corrected chi connectivity index (χ0v) is 22.7. The fraction of sp³-hybridized carbons (Fsp3) is 0.467. The Morgan fingerprint density at radius 1 is 0.842 bits per heavy atom. The normalized spacial score (nSPS) is 18.9. The number of nitrogens with one attached hydrogen (secondary N) is 3. The van der Waals surface area contributed by atoms with Gasteiger partial charge in [0.15, 0.2) is 0 Å². The maximum Gasteiger partial charge on any atom is 0.246 e. The van der Waals surface area contributed by atoms with Crippen molar-refractivity contribution in [2.75, 3.05) is 53.5 Å². The van der Waals surface area contributed by atoms with Gasteiger partial charge >= 0.3 is 0 Å². The molecule has 2 aromatic carbocycles. The van der Waals surface area contributed by atoms with Crippen LogP contribution in [0.2, 0.25) is 0 Å². The van der Waals surface area contributed by atoms with Crippen LogP contribution in [-0.4, -0.2) is 70.2 Å². The molecule has 2 aromatic rings. The van der Waals surface area contributed by atoms with Crippen molar-refractivity contribution in [2.45, 2.75) is 38.1 Å². The topological polar surface area (TPSA) is 91.9 Å². The molecule has 1 fully saturated rings. The van der Waals surface area contributed by atoms with Gasteiger partial charge in [0.2, 0.25) is 11.8 Å². The number of hydrogen-bond donors (Lipinski definition) is 3. The fourth-order valence-electron chi connectivity index (χ4n) is 4.39. The van der Waals surface area contributed by atoms with Crippen LogP contribution in [0.5, 0.6) is 11.5 Å². The van der Waals surface area contributed by atoms with Crippen LogP contribution < -0.4 is 25.4 Å². The van der Waals surface area contributed by atoms with Crippen molar-refractivity contribution >= 4 is 17.9 Å². The molecule has 1 saturated heterocycles. The highest BCUT2D eigenvalue weighted by Crippen LogP contribution is 2.20. The largest absolute Gasteiger partial charge is 0.497 e. The summed E-state index contributed by atoms with van der Waals surface area (Å²) in [5, 5.41) is 10.1. The molecule has 2 amide bonds. The zero-order valence-electron chi connectivity index (χ0n) is 22.7. The lowest BCUT2D eigenvalue weighted by atomic mass is 10.0. The van der Waals surface area contributed by atoms with E-state index in [-0.39, 0.29) is 17.9 Å². The summed E-state index contributed by atoms with van der Waals surface area (Å²) < 4.78 is 10.5. The maximum absolute atomic E-state index is 13.0. The van der Waals surface area contributed by atoms with Crippen LogP contribution in [0.15, 0.2) is 54.6 Å². The number of carbonyl (C=O) groups excluding carboxylic acids is 2. The average molecular weight is 523 g/mol. The lowest BCUT2D eigenvalue weighted by Gasteiger charge is -2.22. The first-order chi connectivity index (χ1) is 18.6. The average Bonchev–Trinajstić information content (AvgIpc) is 2.95. The molecular formula is C30H42N4O4. The van der Waals surface area contributed by atoms with Crippen molar-refractivity contribution in [1.29, 1.82) is 0 Å². The minimum atomic E-state index is -0.0715. The Bertz CT molecular complexity index is 1010. The first kappa shape index (κ1) is 29.2. The van der Waals surface area contributed by atoms with Gasteiger partial charge in [0, 0.05) is 38.2 Å². The van der Waals surface area contributed by atoms with Crippen molar-refractivity contribution in [1.82, 2.24) is 20.9 Å². The minimum Gasteiger partial charge on any atom is -0.497 e. The quantitative estimate of drug-likeness (QED) is 0.521. The third-order valence-corrected chi connectivity index (χ3v) is 6.63. The van der Waals surface area contributed by atoms with E-state index in [1.165, 1.54) is 0 Å². The lowest BCUT2D eigenvalue weighted by Crippen LogP contribution is -2.35. The Balaban J connectivity index is 1.58. The molecule has 1 aliphatic rings. The van der Waals surface area contributed by atoms with E-state index >= 15 is 0 Å². The van der Waals surface area contributed by atoms with Gasteiger partial charge in [-0.25, -0.2) is 0 Å². The van der Waals surface area contributed by atoms with Gasteiger partial charge in [0.25, 0.3) is 0 Å². The number of hydrogen-bond acceptors (Lipinski definition) is 6. The molecular weight excluding hydrogens is 480 g/mol. The maximum atomic E-state index is 13.0. The lowest BCUT2D eigenvalue weighted by molar-refractivity contribution is -0.126. The number of amides is 2. The van der Waals surface area contributed by atoms with Gasteiger partial charge in [-0.2, -0.15) is 0 Å². The number of ether oxygens (including phenoxy) is 2. The summed E-state index contributed by atoms with van der Waals surface area (Å²) in [5.74, 6) is 1.57. The highest BCUT2D eigenvalue weighted by Gasteiger charge is 2.16. The first-order valence-electron chi connectivity index (χ1n) is 13.5. The molecule has 1 atom stereocenters. The SMILES string of the molecule is COc1ccc(/C=C/C(=O)N2CCCCNCCCN[C@H](c3ccc(OC)cc3)CC(=O)NCCC2)cc1. The summed E-state index contributed by atoms with van der Waals surface area (Å²) in [5.41, 5.74) is 2.01. The summed E-state index contributed by atoms with van der Waals surface area (Å²) in [6.45, 7) is 4.47. The second-order valence-corrected chi connectivity index (χ2v) is 9.43. The summed E-state index contributed by atoms with van der Waals surface area (Å²) in [4.78, 5) is 27.6. The molecule has 3 N–H and O–H groups in total. The van der Waals surface area contributed by atoms with Crippen molar-refractivity contribution in [3.63, 3.8) is 0 Å². The van der Waals surface area contributed by atoms with Crippen LogP contribution in [0.3, 0.4) is 0 Å². The van der Waals surface area contributed by atoms with Crippen LogP contribution >= 0.6 is 0 Å². The summed E-state index contributed by atoms with van der Waals surface area (Å²) in [6.07, 6.45) is 7.42. The molecule has 206 valence electrons. The Hall–Kier alpha value is -3.36. The van der Waals surface area contributed by atoms with Crippen molar-refractivity contribution in [3.05, 3.63) is 65.7 Å². The molecule has 3 rings (SSSR count). The molecule has 0 radical (unpaired) electrons. The molecule has 0 spiro atoms. The van der Waals surface area contributed by atoms with Gasteiger partial charge in [-0.15, -0.1) is 0 Å². The Labute approximate surface area is 226 Å². The first-order valence-corrected chi connectivity index (χ1v) is 13.5. The number of nitrogens with zero attached hydrogens (tertiary/aromatic N) is 1. The van der Waals surface area contributed by atoms with Crippen LogP contribution in [0, 0.1) is 0 Å². The molecule has 1 heterocycles. The van der Waals surface area contributed by atoms with E-state index in [1.54, 1.807) is 20.3 Å². The monoisotopic (exact) mass is 522 g/mol. The van der Waals surface area contributed by atoms with E-state index in [4.69, 9.17) is 9.47 Å². The van der Waals surface area contributed by atoms with E-state index < -0.39 is 0 Å². The second kappa shape index (κ2) is 16.5. The zero-order chi connectivity index (χ0) is 27.0. The second-order valence-electron chi connectivity index (χ2n) is 9.43. The fourth-order valence-corrected chi connectivity index (χ4v) is 4.39. The standard InChI is InChI=1S/C30H42N4O4/c1-37-26-12-7-24(8-13-26)9-16-30(36)34-21-4-3-17-31-18-5-19-32-28(23-29(35)33-20-6-22-34)25-10-14-27(38-2)15-11-25/h7-16,28,31-32H,3-6,17-23H2,1-2H3,(H,33,35)/b16-9+/t28-/m0/s1. The molecule has 38 heavy (non-hydrogen) atoms. The molecule has 8 heteroatoms. The van der Waals surface area contributed by atoms with Gasteiger partial charge < -0.3 is 30.3 Å². The summed E-state index contributed by atoms with van der Waals surface area (Å²) in [6, 6.07) is 15.4. The van der Waals surface area contributed by atoms with Crippen LogP contribution in [0.4, 0.5) is 0 Å². The molecule has 0 bridgehead atoms. The predicted molar refractivity (Wildman–Crippen MR) is 151 cm³/mol. The molecule has 1 aliphatic heterocycles. The van der Waals surface area contributed by atoms with E-state index in [0.29, 0.717) is 32.5 Å². The number of benzene rings is 2. The Morgan fingerprint density at radius 3 is 2.21 bits per heavy atom. The highest BCUT2D eigenvalue weighted by atomic mass is 16.5. The van der Waals surface area contributed by atoms with Gasteiger partial charge in [0.1, 0.15) is 11.5 Å². The van der Waals surface area contributed by atoms with E-state index in [1.807, 2.05) is 59.5 Å². The molecule has 0 aromatic heterocycles. The number of rotatable bonds is 5. The third kappa shape index (κ3) is 10.2. The Morgan fingerprint density at radius 2 is 1.50 bits per heavy atom. The van der Waals surface area contributed by atoms with Crippen molar-refractivity contribution in [3.8, 4) is 11.5 Å². The molecule has 0 unspecified atom stereocenters. The van der Waals surface area contributed by atoms with Gasteiger partial charge in [-0.05, 0) is 86.8 Å². The van der Waals surface area contributed by atoms with Crippen LogP contribution in [0.1, 0.15) is 49.3 Å².